The molecule has 23 heavy (non-hydrogen) atoms. The average molecular weight is 321 g/mol. The first-order valence-corrected chi connectivity index (χ1v) is 8.62. The summed E-state index contributed by atoms with van der Waals surface area (Å²) in [6.07, 6.45) is 4.86. The fraction of sp³-hybridized carbons (Fsp3) is 0.632. The third-order valence-corrected chi connectivity index (χ3v) is 3.95. The van der Waals surface area contributed by atoms with E-state index in [4.69, 9.17) is 9.47 Å². The fourth-order valence-corrected chi connectivity index (χ4v) is 2.27. The predicted molar refractivity (Wildman–Crippen MR) is 95.1 cm³/mol. The molecular weight excluding hydrogens is 290 g/mol. The van der Waals surface area contributed by atoms with Crippen molar-refractivity contribution in [2.75, 3.05) is 32.2 Å². The summed E-state index contributed by atoms with van der Waals surface area (Å²) in [7, 11) is 3.99. The number of carbonyl (C=O) groups is 1. The summed E-state index contributed by atoms with van der Waals surface area (Å²) >= 11 is 0. The highest BCUT2D eigenvalue weighted by Crippen LogP contribution is 2.18. The van der Waals surface area contributed by atoms with Gasteiger partial charge in [-0.05, 0) is 36.6 Å². The molecular formula is C19H31NO3. The van der Waals surface area contributed by atoms with Crippen molar-refractivity contribution in [1.82, 2.24) is 0 Å². The van der Waals surface area contributed by atoms with E-state index in [1.807, 2.05) is 43.3 Å². The predicted octanol–water partition coefficient (Wildman–Crippen LogP) is 4.28. The Hall–Kier alpha value is -1.71. The molecule has 0 bridgehead atoms. The highest BCUT2D eigenvalue weighted by molar-refractivity contribution is 5.69. The maximum absolute atomic E-state index is 11.8. The quantitative estimate of drug-likeness (QED) is 0.570. The van der Waals surface area contributed by atoms with Crippen molar-refractivity contribution < 1.29 is 14.3 Å². The van der Waals surface area contributed by atoms with E-state index in [1.165, 1.54) is 12.8 Å². The molecule has 0 amide bonds. The topological polar surface area (TPSA) is 38.8 Å². The van der Waals surface area contributed by atoms with Crippen LogP contribution in [0.5, 0.6) is 5.75 Å². The first kappa shape index (κ1) is 19.3. The normalized spacial score (nSPS) is 11.8. The maximum atomic E-state index is 11.8. The summed E-state index contributed by atoms with van der Waals surface area (Å²) in [4.78, 5) is 13.8. The molecule has 0 saturated heterocycles. The Labute approximate surface area is 140 Å². The fourth-order valence-electron chi connectivity index (χ4n) is 2.27. The Morgan fingerprint density at radius 2 is 1.87 bits per heavy atom. The lowest BCUT2D eigenvalue weighted by Crippen LogP contribution is -2.16. The number of benzene rings is 1. The first-order chi connectivity index (χ1) is 11.1. The van der Waals surface area contributed by atoms with Gasteiger partial charge >= 0.3 is 5.97 Å². The standard InChI is InChI=1S/C19H31NO3/c1-5-7-8-16(6-2)15-23-19(21)13-14-22-18-11-9-17(10-12-18)20(3)4/h9-12,16H,5-8,13-15H2,1-4H3. The summed E-state index contributed by atoms with van der Waals surface area (Å²) < 4.78 is 10.9. The van der Waals surface area contributed by atoms with Gasteiger partial charge in [0.1, 0.15) is 5.75 Å². The number of hydrogen-bond donors (Lipinski definition) is 0. The number of ether oxygens (including phenoxy) is 2. The van der Waals surface area contributed by atoms with E-state index in [-0.39, 0.29) is 5.97 Å². The van der Waals surface area contributed by atoms with E-state index in [9.17, 15) is 4.79 Å². The Balaban J connectivity index is 2.22. The SMILES string of the molecule is CCCCC(CC)COC(=O)CCOc1ccc(N(C)C)cc1. The molecule has 0 heterocycles. The maximum Gasteiger partial charge on any atom is 0.309 e. The largest absolute Gasteiger partial charge is 0.493 e. The van der Waals surface area contributed by atoms with Gasteiger partial charge in [-0.1, -0.05) is 33.1 Å². The van der Waals surface area contributed by atoms with E-state index in [2.05, 4.69) is 13.8 Å². The van der Waals surface area contributed by atoms with Crippen LogP contribution in [0.2, 0.25) is 0 Å². The molecule has 0 radical (unpaired) electrons. The Bertz CT molecular complexity index is 442. The molecule has 1 atom stereocenters. The summed E-state index contributed by atoms with van der Waals surface area (Å²) in [6.45, 7) is 5.22. The van der Waals surface area contributed by atoms with Crippen LogP contribution in [0.3, 0.4) is 0 Å². The van der Waals surface area contributed by atoms with Crippen molar-refractivity contribution in [3.05, 3.63) is 24.3 Å². The molecule has 1 aromatic carbocycles. The van der Waals surface area contributed by atoms with Crippen LogP contribution >= 0.6 is 0 Å². The molecule has 4 nitrogen and oxygen atoms in total. The Morgan fingerprint density at radius 3 is 2.43 bits per heavy atom. The molecule has 130 valence electrons. The zero-order chi connectivity index (χ0) is 17.1. The van der Waals surface area contributed by atoms with Crippen molar-refractivity contribution in [2.24, 2.45) is 5.92 Å². The van der Waals surface area contributed by atoms with Crippen molar-refractivity contribution in [3.63, 3.8) is 0 Å². The van der Waals surface area contributed by atoms with Crippen LogP contribution in [-0.2, 0) is 9.53 Å². The highest BCUT2D eigenvalue weighted by atomic mass is 16.5. The zero-order valence-corrected chi connectivity index (χ0v) is 15.0. The minimum absolute atomic E-state index is 0.176. The van der Waals surface area contributed by atoms with Gasteiger partial charge in [0.2, 0.25) is 0 Å². The van der Waals surface area contributed by atoms with E-state index < -0.39 is 0 Å². The van der Waals surface area contributed by atoms with E-state index in [1.54, 1.807) is 0 Å². The van der Waals surface area contributed by atoms with E-state index >= 15 is 0 Å². The van der Waals surface area contributed by atoms with Crippen molar-refractivity contribution in [2.45, 2.75) is 46.0 Å². The minimum atomic E-state index is -0.176. The lowest BCUT2D eigenvalue weighted by atomic mass is 10.0. The number of rotatable bonds is 11. The van der Waals surface area contributed by atoms with Crippen LogP contribution in [0.15, 0.2) is 24.3 Å². The lowest BCUT2D eigenvalue weighted by Gasteiger charge is -2.15. The summed E-state index contributed by atoms with van der Waals surface area (Å²) in [5.41, 5.74) is 1.12. The van der Waals surface area contributed by atoms with Crippen molar-refractivity contribution >= 4 is 11.7 Å². The lowest BCUT2D eigenvalue weighted by molar-refractivity contribution is -0.145. The number of nitrogens with zero attached hydrogens (tertiary/aromatic N) is 1. The van der Waals surface area contributed by atoms with Crippen LogP contribution in [0.4, 0.5) is 5.69 Å². The minimum Gasteiger partial charge on any atom is -0.493 e. The van der Waals surface area contributed by atoms with Crippen LogP contribution < -0.4 is 9.64 Å². The average Bonchev–Trinajstić information content (AvgIpc) is 2.55. The smallest absolute Gasteiger partial charge is 0.309 e. The molecule has 0 aliphatic rings. The molecule has 0 aliphatic carbocycles. The van der Waals surface area contributed by atoms with Gasteiger partial charge in [0.05, 0.1) is 19.6 Å². The van der Waals surface area contributed by atoms with Crippen molar-refractivity contribution in [1.29, 1.82) is 0 Å². The monoisotopic (exact) mass is 321 g/mol. The van der Waals surface area contributed by atoms with Gasteiger partial charge in [-0.25, -0.2) is 0 Å². The second-order valence-electron chi connectivity index (χ2n) is 6.09. The molecule has 0 spiro atoms. The molecule has 1 unspecified atom stereocenters. The molecule has 0 saturated carbocycles. The molecule has 4 heteroatoms. The van der Waals surface area contributed by atoms with Crippen LogP contribution in [0, 0.1) is 5.92 Å². The summed E-state index contributed by atoms with van der Waals surface area (Å²) in [5.74, 6) is 1.08. The Morgan fingerprint density at radius 1 is 1.17 bits per heavy atom. The molecule has 1 rings (SSSR count). The van der Waals surface area contributed by atoms with Gasteiger partial charge < -0.3 is 14.4 Å². The van der Waals surface area contributed by atoms with Gasteiger partial charge in [-0.2, -0.15) is 0 Å². The number of esters is 1. The Kier molecular flexibility index (Phi) is 9.18. The summed E-state index contributed by atoms with van der Waals surface area (Å²) in [5, 5.41) is 0. The number of anilines is 1. The molecule has 0 N–H and O–H groups in total. The molecule has 0 aliphatic heterocycles. The van der Waals surface area contributed by atoms with Crippen LogP contribution in [0.1, 0.15) is 46.0 Å². The van der Waals surface area contributed by atoms with E-state index in [0.717, 1.165) is 24.3 Å². The number of hydrogen-bond acceptors (Lipinski definition) is 4. The number of unbranched alkanes of at least 4 members (excludes halogenated alkanes) is 1. The second-order valence-corrected chi connectivity index (χ2v) is 6.09. The van der Waals surface area contributed by atoms with Gasteiger partial charge in [-0.15, -0.1) is 0 Å². The number of carbonyl (C=O) groups excluding carboxylic acids is 1. The second kappa shape index (κ2) is 10.9. The van der Waals surface area contributed by atoms with Crippen LogP contribution in [0.25, 0.3) is 0 Å². The van der Waals surface area contributed by atoms with Gasteiger partial charge in [0, 0.05) is 19.8 Å². The van der Waals surface area contributed by atoms with Crippen LogP contribution in [-0.4, -0.2) is 33.3 Å². The van der Waals surface area contributed by atoms with E-state index in [0.29, 0.717) is 25.6 Å². The molecule has 0 aromatic heterocycles. The zero-order valence-electron chi connectivity index (χ0n) is 15.0. The molecule has 1 aromatic rings. The summed E-state index contributed by atoms with van der Waals surface area (Å²) in [6, 6.07) is 7.82. The third-order valence-electron chi connectivity index (χ3n) is 3.95. The highest BCUT2D eigenvalue weighted by Gasteiger charge is 2.10. The third kappa shape index (κ3) is 7.91. The van der Waals surface area contributed by atoms with Crippen molar-refractivity contribution in [3.8, 4) is 5.75 Å². The van der Waals surface area contributed by atoms with Gasteiger partial charge in [0.15, 0.2) is 0 Å². The molecule has 0 fully saturated rings. The van der Waals surface area contributed by atoms with Gasteiger partial charge in [0.25, 0.3) is 0 Å². The first-order valence-electron chi connectivity index (χ1n) is 8.62. The van der Waals surface area contributed by atoms with Gasteiger partial charge in [-0.3, -0.25) is 4.79 Å².